The lowest BCUT2D eigenvalue weighted by Gasteiger charge is -2.23. The highest BCUT2D eigenvalue weighted by Crippen LogP contribution is 2.23. The largest absolute Gasteiger partial charge is 0.387 e. The molecule has 1 heterocycles. The van der Waals surface area contributed by atoms with Crippen LogP contribution in [0.5, 0.6) is 0 Å². The lowest BCUT2D eigenvalue weighted by molar-refractivity contribution is -0.120. The smallest absolute Gasteiger partial charge is 0.221 e. The summed E-state index contributed by atoms with van der Waals surface area (Å²) in [6.07, 6.45) is -0.0309. The van der Waals surface area contributed by atoms with E-state index in [2.05, 4.69) is 26.1 Å². The number of carbonyl (C=O) groups excluding carboxylic acids is 1. The van der Waals surface area contributed by atoms with Crippen molar-refractivity contribution in [3.8, 4) is 0 Å². The van der Waals surface area contributed by atoms with Gasteiger partial charge in [0, 0.05) is 37.1 Å². The molecule has 1 atom stereocenters. The average molecular weight is 313 g/mol. The molecule has 2 N–H and O–H groups in total. The molecule has 18 heavy (non-hydrogen) atoms. The Morgan fingerprint density at radius 3 is 2.94 bits per heavy atom. The van der Waals surface area contributed by atoms with Crippen LogP contribution in [0.3, 0.4) is 0 Å². The Morgan fingerprint density at radius 1 is 1.39 bits per heavy atom. The van der Waals surface area contributed by atoms with Crippen LogP contribution in [0.4, 0.5) is 0 Å². The number of rotatable bonds is 3. The minimum absolute atomic E-state index is 0.0906. The zero-order chi connectivity index (χ0) is 13.0. The zero-order valence-electron chi connectivity index (χ0n) is 10.1. The van der Waals surface area contributed by atoms with Crippen LogP contribution in [0.15, 0.2) is 28.7 Å². The highest BCUT2D eigenvalue weighted by Gasteiger charge is 2.18. The molecule has 1 aliphatic rings. The van der Waals surface area contributed by atoms with Gasteiger partial charge in [0.1, 0.15) is 0 Å². The number of amides is 1. The molecule has 2 rings (SSSR count). The number of hydrogen-bond donors (Lipinski definition) is 2. The first-order valence-corrected chi connectivity index (χ1v) is 6.87. The molecule has 0 aromatic heterocycles. The summed E-state index contributed by atoms with van der Waals surface area (Å²) in [5.41, 5.74) is 0.890. The van der Waals surface area contributed by atoms with Gasteiger partial charge >= 0.3 is 0 Å². The molecule has 4 nitrogen and oxygen atoms in total. The minimum Gasteiger partial charge on any atom is -0.387 e. The van der Waals surface area contributed by atoms with Gasteiger partial charge in [0.05, 0.1) is 6.10 Å². The van der Waals surface area contributed by atoms with Gasteiger partial charge in [-0.1, -0.05) is 34.1 Å². The fraction of sp³-hybridized carbons (Fsp3) is 0.462. The number of aliphatic hydroxyl groups is 1. The second-order valence-corrected chi connectivity index (χ2v) is 5.29. The summed E-state index contributed by atoms with van der Waals surface area (Å²) in [5.74, 6) is 0.0906. The second-order valence-electron chi connectivity index (χ2n) is 4.44. The Bertz CT molecular complexity index is 425. The lowest BCUT2D eigenvalue weighted by atomic mass is 10.1. The fourth-order valence-electron chi connectivity index (χ4n) is 2.08. The molecule has 98 valence electrons. The van der Waals surface area contributed by atoms with E-state index >= 15 is 0 Å². The first-order chi connectivity index (χ1) is 8.66. The van der Waals surface area contributed by atoms with E-state index in [0.29, 0.717) is 26.1 Å². The van der Waals surface area contributed by atoms with Crippen molar-refractivity contribution in [1.29, 1.82) is 0 Å². The number of β-amino-alcohol motifs (C(OH)–C–C–N with tert-alkyl or cyclic N) is 1. The van der Waals surface area contributed by atoms with E-state index in [-0.39, 0.29) is 5.91 Å². The van der Waals surface area contributed by atoms with E-state index in [9.17, 15) is 9.90 Å². The van der Waals surface area contributed by atoms with E-state index in [4.69, 9.17) is 0 Å². The third-order valence-corrected chi connectivity index (χ3v) is 3.82. The first-order valence-electron chi connectivity index (χ1n) is 6.08. The summed E-state index contributed by atoms with van der Waals surface area (Å²) in [6.45, 7) is 2.69. The third-order valence-electron chi connectivity index (χ3n) is 3.10. The number of carbonyl (C=O) groups is 1. The minimum atomic E-state index is -0.534. The maximum atomic E-state index is 11.2. The highest BCUT2D eigenvalue weighted by molar-refractivity contribution is 9.10. The summed E-state index contributed by atoms with van der Waals surface area (Å²) < 4.78 is 0.918. The van der Waals surface area contributed by atoms with Gasteiger partial charge in [-0.25, -0.2) is 0 Å². The van der Waals surface area contributed by atoms with Crippen molar-refractivity contribution < 1.29 is 9.90 Å². The number of aliphatic hydroxyl groups excluding tert-OH is 1. The molecule has 1 fully saturated rings. The van der Waals surface area contributed by atoms with Gasteiger partial charge in [-0.3, -0.25) is 9.69 Å². The molecule has 0 spiro atoms. The Morgan fingerprint density at radius 2 is 2.17 bits per heavy atom. The Kier molecular flexibility index (Phi) is 4.74. The first kappa shape index (κ1) is 13.5. The van der Waals surface area contributed by atoms with Crippen molar-refractivity contribution in [2.24, 2.45) is 0 Å². The molecule has 1 aromatic carbocycles. The van der Waals surface area contributed by atoms with Gasteiger partial charge in [0.25, 0.3) is 0 Å². The quantitative estimate of drug-likeness (QED) is 0.884. The standard InChI is InChI=1S/C13H17BrN2O2/c14-11-4-2-1-3-10(11)12(17)9-16-7-5-13(18)15-6-8-16/h1-4,12,17H,5-9H2,(H,15,18). The fourth-order valence-corrected chi connectivity index (χ4v) is 2.63. The van der Waals surface area contributed by atoms with Gasteiger partial charge < -0.3 is 10.4 Å². The van der Waals surface area contributed by atoms with Gasteiger partial charge in [-0.2, -0.15) is 0 Å². The van der Waals surface area contributed by atoms with Gasteiger partial charge in [0.15, 0.2) is 0 Å². The molecule has 1 aromatic rings. The molecular weight excluding hydrogens is 296 g/mol. The molecular formula is C13H17BrN2O2. The molecule has 0 aliphatic carbocycles. The molecule has 1 amide bonds. The highest BCUT2D eigenvalue weighted by atomic mass is 79.9. The molecule has 0 saturated carbocycles. The topological polar surface area (TPSA) is 52.6 Å². The number of nitrogens with zero attached hydrogens (tertiary/aromatic N) is 1. The van der Waals surface area contributed by atoms with E-state index < -0.39 is 6.10 Å². The monoisotopic (exact) mass is 312 g/mol. The normalized spacial score (nSPS) is 19.1. The zero-order valence-corrected chi connectivity index (χ0v) is 11.7. The van der Waals surface area contributed by atoms with Gasteiger partial charge in [-0.05, 0) is 11.6 Å². The molecule has 1 aliphatic heterocycles. The van der Waals surface area contributed by atoms with Crippen LogP contribution < -0.4 is 5.32 Å². The number of hydrogen-bond acceptors (Lipinski definition) is 3. The summed E-state index contributed by atoms with van der Waals surface area (Å²) in [6, 6.07) is 7.67. The van der Waals surface area contributed by atoms with Crippen LogP contribution in [0.25, 0.3) is 0 Å². The number of nitrogens with one attached hydrogen (secondary N) is 1. The van der Waals surface area contributed by atoms with Crippen LogP contribution in [0.2, 0.25) is 0 Å². The maximum Gasteiger partial charge on any atom is 0.221 e. The molecule has 1 saturated heterocycles. The Labute approximate surface area is 115 Å². The molecule has 5 heteroatoms. The number of benzene rings is 1. The van der Waals surface area contributed by atoms with Crippen molar-refractivity contribution in [3.05, 3.63) is 34.3 Å². The summed E-state index contributed by atoms with van der Waals surface area (Å²) >= 11 is 3.44. The van der Waals surface area contributed by atoms with Crippen molar-refractivity contribution in [2.45, 2.75) is 12.5 Å². The van der Waals surface area contributed by atoms with Crippen LogP contribution in [-0.2, 0) is 4.79 Å². The van der Waals surface area contributed by atoms with Gasteiger partial charge in [-0.15, -0.1) is 0 Å². The molecule has 0 bridgehead atoms. The Balaban J connectivity index is 1.96. The van der Waals surface area contributed by atoms with Crippen LogP contribution in [-0.4, -0.2) is 42.1 Å². The third kappa shape index (κ3) is 3.54. The van der Waals surface area contributed by atoms with E-state index in [1.807, 2.05) is 24.3 Å². The van der Waals surface area contributed by atoms with Crippen LogP contribution in [0, 0.1) is 0 Å². The summed E-state index contributed by atoms with van der Waals surface area (Å²) in [7, 11) is 0. The molecule has 0 radical (unpaired) electrons. The van der Waals surface area contributed by atoms with Gasteiger partial charge in [0.2, 0.25) is 5.91 Å². The SMILES string of the molecule is O=C1CCN(CC(O)c2ccccc2Br)CCN1. The van der Waals surface area contributed by atoms with E-state index in [1.54, 1.807) is 0 Å². The van der Waals surface area contributed by atoms with Crippen molar-refractivity contribution in [1.82, 2.24) is 10.2 Å². The van der Waals surface area contributed by atoms with Crippen LogP contribution in [0.1, 0.15) is 18.1 Å². The van der Waals surface area contributed by atoms with Crippen molar-refractivity contribution in [3.63, 3.8) is 0 Å². The van der Waals surface area contributed by atoms with E-state index in [1.165, 1.54) is 0 Å². The van der Waals surface area contributed by atoms with Crippen LogP contribution >= 0.6 is 15.9 Å². The van der Waals surface area contributed by atoms with Crippen molar-refractivity contribution >= 4 is 21.8 Å². The molecule has 1 unspecified atom stereocenters. The maximum absolute atomic E-state index is 11.2. The van der Waals surface area contributed by atoms with E-state index in [0.717, 1.165) is 16.6 Å². The van der Waals surface area contributed by atoms with Crippen molar-refractivity contribution in [2.75, 3.05) is 26.2 Å². The summed E-state index contributed by atoms with van der Waals surface area (Å²) in [5, 5.41) is 13.1. The predicted molar refractivity (Wildman–Crippen MR) is 73.2 cm³/mol. The lowest BCUT2D eigenvalue weighted by Crippen LogP contribution is -2.32. The Hall–Kier alpha value is -0.910. The average Bonchev–Trinajstić information content (AvgIpc) is 2.55. The predicted octanol–water partition coefficient (Wildman–Crippen LogP) is 1.30. The summed E-state index contributed by atoms with van der Waals surface area (Å²) in [4.78, 5) is 13.3. The second kappa shape index (κ2) is 6.31. The number of halogens is 1.